The molecule has 0 atom stereocenters. The van der Waals surface area contributed by atoms with Gasteiger partial charge in [-0.25, -0.2) is 53.8 Å². The van der Waals surface area contributed by atoms with Gasteiger partial charge < -0.3 is 27.5 Å². The first kappa shape index (κ1) is 91.1. The summed E-state index contributed by atoms with van der Waals surface area (Å²) in [6.45, 7) is 34.7. The third-order valence-corrected chi connectivity index (χ3v) is 17.4. The molecule has 21 heteroatoms. The van der Waals surface area contributed by atoms with Crippen molar-refractivity contribution in [1.82, 2.24) is 14.2 Å². The van der Waals surface area contributed by atoms with Gasteiger partial charge in [-0.05, 0) is 157 Å². The zero-order valence-electron chi connectivity index (χ0n) is 58.7. The Morgan fingerprint density at radius 1 is 0.340 bits per heavy atom. The highest BCUT2D eigenvalue weighted by molar-refractivity contribution is 7.90. The summed E-state index contributed by atoms with van der Waals surface area (Å²) in [5, 5.41) is 3.14. The van der Waals surface area contributed by atoms with Crippen molar-refractivity contribution < 1.29 is 52.7 Å². The highest BCUT2D eigenvalue weighted by atomic mass is 32.2. The topological polar surface area (TPSA) is 257 Å². The lowest BCUT2D eigenvalue weighted by atomic mass is 9.95. The largest absolute Gasteiger partial charge is 0.495 e. The fraction of sp³-hybridized carbons (Fsp3) is 0.408. The molecule has 0 spiro atoms. The summed E-state index contributed by atoms with van der Waals surface area (Å²) in [7, 11) is -3.31. The Bertz CT molecular complexity index is 4050. The molecule has 538 valence electrons. The SMILES string of the molecule is C.C.C.CC(C)C.CC(C)C.CNS(=O)(=O)c1ccccc1OC.CNS(=O)(=O)c1ccccc1OC.CNS(=O)(=O)c1ccccc1OC(C)C.Cc1c(C(C)C)c2ccccc2oc1=O.Cc1c(C(C)C)c2ccccc2oc1=O.Cc1c(C(C)C)c2ccccc2oc1=O. The molecule has 0 fully saturated rings. The minimum atomic E-state index is -3.45. The molecule has 0 bridgehead atoms. The maximum Gasteiger partial charge on any atom is 0.339 e. The Hall–Kier alpha value is -7.92. The molecule has 0 aliphatic carbocycles. The van der Waals surface area contributed by atoms with Crippen molar-refractivity contribution in [1.29, 1.82) is 0 Å². The zero-order valence-corrected chi connectivity index (χ0v) is 61.1. The number of para-hydroxylation sites is 6. The van der Waals surface area contributed by atoms with Crippen LogP contribution in [0.1, 0.15) is 170 Å². The van der Waals surface area contributed by atoms with Gasteiger partial charge in [0.2, 0.25) is 30.1 Å². The van der Waals surface area contributed by atoms with Crippen LogP contribution < -0.4 is 45.3 Å². The van der Waals surface area contributed by atoms with E-state index in [-0.39, 0.29) is 59.9 Å². The van der Waals surface area contributed by atoms with E-state index in [4.69, 9.17) is 27.5 Å². The molecule has 0 amide bonds. The van der Waals surface area contributed by atoms with E-state index in [1.807, 2.05) is 107 Å². The smallest absolute Gasteiger partial charge is 0.339 e. The van der Waals surface area contributed by atoms with Gasteiger partial charge in [0.15, 0.2) is 0 Å². The Kier molecular flexibility index (Phi) is 40.8. The molecule has 9 rings (SSSR count). The second-order valence-corrected chi connectivity index (χ2v) is 29.3. The van der Waals surface area contributed by atoms with Gasteiger partial charge in [-0.3, -0.25) is 0 Å². The monoisotopic (exact) mass is 1400 g/mol. The molecular formula is C76H111N3O15S3. The third-order valence-electron chi connectivity index (χ3n) is 13.0. The van der Waals surface area contributed by atoms with E-state index < -0.39 is 30.1 Å². The van der Waals surface area contributed by atoms with E-state index in [1.54, 1.807) is 54.6 Å². The van der Waals surface area contributed by atoms with E-state index >= 15 is 0 Å². The number of sulfonamides is 3. The molecule has 0 saturated heterocycles. The molecule has 3 heterocycles. The highest BCUT2D eigenvalue weighted by Crippen LogP contribution is 2.30. The van der Waals surface area contributed by atoms with Gasteiger partial charge in [0.25, 0.3) is 0 Å². The second-order valence-electron chi connectivity index (χ2n) is 23.7. The number of methoxy groups -OCH3 is 2. The van der Waals surface area contributed by atoms with Gasteiger partial charge in [-0.1, -0.05) is 196 Å². The predicted octanol–water partition coefficient (Wildman–Crippen LogP) is 17.5. The normalized spacial score (nSPS) is 10.8. The van der Waals surface area contributed by atoms with E-state index in [1.165, 1.54) is 53.6 Å². The predicted molar refractivity (Wildman–Crippen MR) is 402 cm³/mol. The molecule has 0 aliphatic rings. The summed E-state index contributed by atoms with van der Waals surface area (Å²) in [5.74, 6) is 3.73. The Morgan fingerprint density at radius 3 is 0.763 bits per heavy atom. The Balaban J connectivity index is 0. The summed E-state index contributed by atoms with van der Waals surface area (Å²) in [4.78, 5) is 35.2. The fourth-order valence-electron chi connectivity index (χ4n) is 9.07. The van der Waals surface area contributed by atoms with E-state index in [2.05, 4.69) is 97.3 Å². The van der Waals surface area contributed by atoms with Crippen LogP contribution in [0, 0.1) is 32.6 Å². The van der Waals surface area contributed by atoms with E-state index in [0.717, 1.165) is 61.4 Å². The number of benzene rings is 6. The maximum atomic E-state index is 11.6. The molecule has 0 unspecified atom stereocenters. The number of rotatable bonds is 13. The van der Waals surface area contributed by atoms with Crippen molar-refractivity contribution in [2.24, 2.45) is 11.8 Å². The van der Waals surface area contributed by atoms with Crippen LogP contribution in [0.3, 0.4) is 0 Å². The van der Waals surface area contributed by atoms with E-state index in [9.17, 15) is 39.6 Å². The van der Waals surface area contributed by atoms with Crippen LogP contribution in [0.4, 0.5) is 0 Å². The van der Waals surface area contributed by atoms with Gasteiger partial charge in [0.1, 0.15) is 48.7 Å². The average molecular weight is 1400 g/mol. The average Bonchev–Trinajstić information content (AvgIpc) is 0.799. The van der Waals surface area contributed by atoms with Crippen molar-refractivity contribution >= 4 is 63.0 Å². The van der Waals surface area contributed by atoms with Crippen LogP contribution in [0.25, 0.3) is 32.9 Å². The van der Waals surface area contributed by atoms with Crippen LogP contribution in [-0.2, 0) is 30.1 Å². The van der Waals surface area contributed by atoms with Crippen LogP contribution in [-0.4, -0.2) is 66.7 Å². The van der Waals surface area contributed by atoms with Crippen LogP contribution >= 0.6 is 0 Å². The number of fused-ring (bicyclic) bond motifs is 3. The van der Waals surface area contributed by atoms with Crippen molar-refractivity contribution in [2.75, 3.05) is 35.4 Å². The summed E-state index contributed by atoms with van der Waals surface area (Å²) < 4.78 is 106. The number of hydrogen-bond acceptors (Lipinski definition) is 15. The lowest BCUT2D eigenvalue weighted by molar-refractivity contribution is 0.236. The molecule has 18 nitrogen and oxygen atoms in total. The first-order valence-corrected chi connectivity index (χ1v) is 35.3. The minimum absolute atomic E-state index is 0. The first-order chi connectivity index (χ1) is 44.0. The van der Waals surface area contributed by atoms with Crippen LogP contribution in [0.2, 0.25) is 0 Å². The van der Waals surface area contributed by atoms with Crippen LogP contribution in [0.15, 0.2) is 188 Å². The van der Waals surface area contributed by atoms with Crippen molar-refractivity contribution in [3.8, 4) is 17.2 Å². The lowest BCUT2D eigenvalue weighted by Crippen LogP contribution is -2.20. The number of ether oxygens (including phenoxy) is 3. The molecule has 0 aliphatic heterocycles. The molecule has 3 aromatic heterocycles. The van der Waals surface area contributed by atoms with E-state index in [0.29, 0.717) is 51.8 Å². The Labute approximate surface area is 579 Å². The Morgan fingerprint density at radius 2 is 0.546 bits per heavy atom. The van der Waals surface area contributed by atoms with Gasteiger partial charge in [-0.2, -0.15) is 0 Å². The first-order valence-electron chi connectivity index (χ1n) is 30.9. The lowest BCUT2D eigenvalue weighted by Gasteiger charge is -2.13. The van der Waals surface area contributed by atoms with Crippen molar-refractivity contribution in [2.45, 2.75) is 179 Å². The van der Waals surface area contributed by atoms with Crippen LogP contribution in [0.5, 0.6) is 17.2 Å². The third kappa shape index (κ3) is 27.9. The second kappa shape index (κ2) is 43.4. The molecule has 9 aromatic rings. The van der Waals surface area contributed by atoms with Crippen molar-refractivity contribution in [3.63, 3.8) is 0 Å². The van der Waals surface area contributed by atoms with Gasteiger partial charge in [0.05, 0.1) is 20.3 Å². The molecule has 0 radical (unpaired) electrons. The fourth-order valence-corrected chi connectivity index (χ4v) is 11.7. The summed E-state index contributed by atoms with van der Waals surface area (Å²) in [5.41, 5.74) is 6.83. The van der Waals surface area contributed by atoms with Crippen molar-refractivity contribution in [3.05, 3.63) is 210 Å². The van der Waals surface area contributed by atoms with Gasteiger partial charge in [-0.15, -0.1) is 0 Å². The highest BCUT2D eigenvalue weighted by Gasteiger charge is 2.20. The van der Waals surface area contributed by atoms with Gasteiger partial charge in [0, 0.05) is 32.8 Å². The molecule has 6 aromatic carbocycles. The molecular weight excluding hydrogens is 1290 g/mol. The standard InChI is InChI=1S/3C13H14O2.C10H15NO3S.2C8H11NO3S.2C4H10.3CH4/c3*1-8(2)12-9(3)13(14)15-11-7-5-4-6-10(11)12;1-8(2)14-9-6-4-5-7-10(9)15(12,13)11-3;2*1-9-13(10,11)8-6-4-3-5-7(8)12-2;2*1-4(2)3;;;/h3*4-8H,1-3H3;4-8,11H,1-3H3;2*3-6,9H,1-2H3;2*4H,1-3H3;3*1H4. The van der Waals surface area contributed by atoms with Gasteiger partial charge >= 0.3 is 16.9 Å². The maximum absolute atomic E-state index is 11.6. The molecule has 3 N–H and O–H groups in total. The zero-order chi connectivity index (χ0) is 71.4. The number of hydrogen-bond donors (Lipinski definition) is 3. The quantitative estimate of drug-likeness (QED) is 0.0907. The minimum Gasteiger partial charge on any atom is -0.495 e. The summed E-state index contributed by atoms with van der Waals surface area (Å²) in [6.07, 6.45) is -0.0572. The number of nitrogens with one attached hydrogen (secondary N) is 3. The summed E-state index contributed by atoms with van der Waals surface area (Å²) >= 11 is 0. The summed E-state index contributed by atoms with van der Waals surface area (Å²) in [6, 6.07) is 42.5. The molecule has 0 saturated carbocycles. The molecule has 97 heavy (non-hydrogen) atoms.